The maximum absolute atomic E-state index is 13.7. The molecule has 0 aliphatic carbocycles. The van der Waals surface area contributed by atoms with E-state index < -0.39 is 0 Å². The largest absolute Gasteiger partial charge is 0.310 e. The highest BCUT2D eigenvalue weighted by Crippen LogP contribution is 2.29. The minimum atomic E-state index is -0.110. The van der Waals surface area contributed by atoms with Gasteiger partial charge in [0.1, 0.15) is 5.82 Å². The smallest absolute Gasteiger partial charge is 0.127 e. The van der Waals surface area contributed by atoms with Crippen molar-refractivity contribution in [3.8, 4) is 0 Å². The molecule has 2 atom stereocenters. The van der Waals surface area contributed by atoms with E-state index in [1.807, 2.05) is 12.1 Å². The molecule has 1 N–H and O–H groups in total. The van der Waals surface area contributed by atoms with Crippen LogP contribution in [0.4, 0.5) is 4.39 Å². The van der Waals surface area contributed by atoms with Crippen molar-refractivity contribution < 1.29 is 4.39 Å². The first-order valence-corrected chi connectivity index (χ1v) is 6.05. The zero-order chi connectivity index (χ0) is 12.1. The summed E-state index contributed by atoms with van der Waals surface area (Å²) in [4.78, 5) is 0. The molecule has 0 amide bonds. The van der Waals surface area contributed by atoms with E-state index in [9.17, 15) is 4.39 Å². The summed E-state index contributed by atoms with van der Waals surface area (Å²) < 4.78 is 13.7. The summed E-state index contributed by atoms with van der Waals surface area (Å²) in [5, 5.41) is 3.38. The molecule has 0 aromatic heterocycles. The van der Waals surface area contributed by atoms with Crippen LogP contribution in [-0.4, -0.2) is 6.54 Å². The molecule has 0 saturated heterocycles. The van der Waals surface area contributed by atoms with Gasteiger partial charge >= 0.3 is 0 Å². The zero-order valence-electron chi connectivity index (χ0n) is 10.6. The Morgan fingerprint density at radius 3 is 2.31 bits per heavy atom. The van der Waals surface area contributed by atoms with Gasteiger partial charge in [0.2, 0.25) is 0 Å². The number of rotatable bonds is 5. The van der Waals surface area contributed by atoms with Gasteiger partial charge < -0.3 is 5.32 Å². The van der Waals surface area contributed by atoms with Crippen molar-refractivity contribution in [3.05, 3.63) is 35.6 Å². The molecule has 2 unspecified atom stereocenters. The van der Waals surface area contributed by atoms with Gasteiger partial charge in [0, 0.05) is 11.6 Å². The highest BCUT2D eigenvalue weighted by Gasteiger charge is 2.23. The van der Waals surface area contributed by atoms with E-state index in [1.165, 1.54) is 6.07 Å². The second-order valence-corrected chi connectivity index (χ2v) is 4.66. The van der Waals surface area contributed by atoms with Gasteiger partial charge in [-0.15, -0.1) is 0 Å². The first-order chi connectivity index (χ1) is 7.57. The molecular formula is C14H22FN. The van der Waals surface area contributed by atoms with Gasteiger partial charge in [0.25, 0.3) is 0 Å². The second kappa shape index (κ2) is 6.00. The van der Waals surface area contributed by atoms with Crippen molar-refractivity contribution in [2.75, 3.05) is 6.54 Å². The monoisotopic (exact) mass is 223 g/mol. The van der Waals surface area contributed by atoms with E-state index in [4.69, 9.17) is 0 Å². The maximum Gasteiger partial charge on any atom is 0.127 e. The molecule has 0 heterocycles. The van der Waals surface area contributed by atoms with Crippen molar-refractivity contribution in [2.24, 2.45) is 11.8 Å². The maximum atomic E-state index is 13.7. The molecular weight excluding hydrogens is 201 g/mol. The Bertz CT molecular complexity index is 322. The molecule has 0 bridgehead atoms. The SMILES string of the molecule is CCNC(c1ccccc1F)C(C)C(C)C. The lowest BCUT2D eigenvalue weighted by atomic mass is 9.86. The van der Waals surface area contributed by atoms with Crippen molar-refractivity contribution in [3.63, 3.8) is 0 Å². The van der Waals surface area contributed by atoms with Crippen molar-refractivity contribution in [1.82, 2.24) is 5.32 Å². The fourth-order valence-electron chi connectivity index (χ4n) is 1.91. The van der Waals surface area contributed by atoms with Crippen LogP contribution in [0.2, 0.25) is 0 Å². The lowest BCUT2D eigenvalue weighted by Crippen LogP contribution is -2.30. The predicted octanol–water partition coefficient (Wildman–Crippen LogP) is 3.77. The summed E-state index contributed by atoms with van der Waals surface area (Å²) in [5.41, 5.74) is 0.783. The molecule has 90 valence electrons. The van der Waals surface area contributed by atoms with E-state index in [0.29, 0.717) is 11.8 Å². The quantitative estimate of drug-likeness (QED) is 0.801. The Balaban J connectivity index is 2.98. The Morgan fingerprint density at radius 1 is 1.19 bits per heavy atom. The highest BCUT2D eigenvalue weighted by molar-refractivity contribution is 5.22. The van der Waals surface area contributed by atoms with E-state index in [1.54, 1.807) is 6.07 Å². The lowest BCUT2D eigenvalue weighted by Gasteiger charge is -2.28. The average molecular weight is 223 g/mol. The minimum Gasteiger partial charge on any atom is -0.310 e. The van der Waals surface area contributed by atoms with Crippen LogP contribution in [0.15, 0.2) is 24.3 Å². The number of hydrogen-bond acceptors (Lipinski definition) is 1. The molecule has 16 heavy (non-hydrogen) atoms. The Labute approximate surface area is 98.1 Å². The van der Waals surface area contributed by atoms with Gasteiger partial charge in [-0.3, -0.25) is 0 Å². The van der Waals surface area contributed by atoms with Crippen LogP contribution in [-0.2, 0) is 0 Å². The number of benzene rings is 1. The summed E-state index contributed by atoms with van der Waals surface area (Å²) in [6, 6.07) is 7.15. The van der Waals surface area contributed by atoms with Crippen molar-refractivity contribution >= 4 is 0 Å². The van der Waals surface area contributed by atoms with Crippen LogP contribution in [0.1, 0.15) is 39.3 Å². The molecule has 0 saturated carbocycles. The van der Waals surface area contributed by atoms with Crippen molar-refractivity contribution in [2.45, 2.75) is 33.7 Å². The Kier molecular flexibility index (Phi) is 4.94. The van der Waals surface area contributed by atoms with Crippen LogP contribution in [0.5, 0.6) is 0 Å². The molecule has 1 aromatic carbocycles. The minimum absolute atomic E-state index is 0.103. The molecule has 1 nitrogen and oxygen atoms in total. The van der Waals surface area contributed by atoms with E-state index >= 15 is 0 Å². The lowest BCUT2D eigenvalue weighted by molar-refractivity contribution is 0.301. The molecule has 0 radical (unpaired) electrons. The third-order valence-electron chi connectivity index (χ3n) is 3.24. The van der Waals surface area contributed by atoms with Crippen LogP contribution in [0.3, 0.4) is 0 Å². The van der Waals surface area contributed by atoms with Gasteiger partial charge in [0.05, 0.1) is 0 Å². The van der Waals surface area contributed by atoms with Gasteiger partial charge in [0.15, 0.2) is 0 Å². The average Bonchev–Trinajstić information content (AvgIpc) is 2.26. The molecule has 1 aromatic rings. The Hall–Kier alpha value is -0.890. The summed E-state index contributed by atoms with van der Waals surface area (Å²) in [6.45, 7) is 9.44. The summed E-state index contributed by atoms with van der Waals surface area (Å²) in [6.07, 6.45) is 0. The molecule has 0 aliphatic rings. The fourth-order valence-corrected chi connectivity index (χ4v) is 1.91. The number of halogens is 1. The topological polar surface area (TPSA) is 12.0 Å². The standard InChI is InChI=1S/C14H22FN/c1-5-16-14(11(4)10(2)3)12-8-6-7-9-13(12)15/h6-11,14,16H,5H2,1-4H3. The Morgan fingerprint density at radius 2 is 1.81 bits per heavy atom. The van der Waals surface area contributed by atoms with Crippen molar-refractivity contribution in [1.29, 1.82) is 0 Å². The normalized spacial score (nSPS) is 15.1. The summed E-state index contributed by atoms with van der Waals surface area (Å²) in [7, 11) is 0. The van der Waals surface area contributed by atoms with E-state index in [2.05, 4.69) is 33.0 Å². The molecule has 0 fully saturated rings. The number of nitrogens with one attached hydrogen (secondary N) is 1. The van der Waals surface area contributed by atoms with Crippen LogP contribution >= 0.6 is 0 Å². The van der Waals surface area contributed by atoms with Crippen LogP contribution in [0.25, 0.3) is 0 Å². The zero-order valence-corrected chi connectivity index (χ0v) is 10.6. The van der Waals surface area contributed by atoms with Gasteiger partial charge in [-0.1, -0.05) is 45.9 Å². The second-order valence-electron chi connectivity index (χ2n) is 4.66. The van der Waals surface area contributed by atoms with E-state index in [0.717, 1.165) is 12.1 Å². The van der Waals surface area contributed by atoms with E-state index in [-0.39, 0.29) is 11.9 Å². The first kappa shape index (κ1) is 13.2. The van der Waals surface area contributed by atoms with Crippen LogP contribution in [0, 0.1) is 17.7 Å². The van der Waals surface area contributed by atoms with Gasteiger partial charge in [-0.05, 0) is 24.4 Å². The third kappa shape index (κ3) is 3.05. The summed E-state index contributed by atoms with van der Waals surface area (Å²) in [5.74, 6) is 0.835. The molecule has 1 rings (SSSR count). The molecule has 2 heteroatoms. The molecule has 0 spiro atoms. The number of hydrogen-bond donors (Lipinski definition) is 1. The molecule has 0 aliphatic heterocycles. The van der Waals surface area contributed by atoms with Crippen LogP contribution < -0.4 is 5.32 Å². The third-order valence-corrected chi connectivity index (χ3v) is 3.24. The van der Waals surface area contributed by atoms with Gasteiger partial charge in [-0.25, -0.2) is 4.39 Å². The first-order valence-electron chi connectivity index (χ1n) is 6.05. The fraction of sp³-hybridized carbons (Fsp3) is 0.571. The highest BCUT2D eigenvalue weighted by atomic mass is 19.1. The predicted molar refractivity (Wildman–Crippen MR) is 66.8 cm³/mol. The summed E-state index contributed by atoms with van der Waals surface area (Å²) >= 11 is 0. The van der Waals surface area contributed by atoms with Gasteiger partial charge in [-0.2, -0.15) is 0 Å².